The number of hydrogen-bond acceptors (Lipinski definition) is 2. The third kappa shape index (κ3) is 3.25. The number of halogens is 3. The Bertz CT molecular complexity index is 654. The highest BCUT2D eigenvalue weighted by atomic mass is 79.9. The molecule has 0 aliphatic carbocycles. The second-order valence-corrected chi connectivity index (χ2v) is 4.74. The summed E-state index contributed by atoms with van der Waals surface area (Å²) >= 11 is 9.23. The fourth-order valence-corrected chi connectivity index (χ4v) is 2.16. The highest BCUT2D eigenvalue weighted by molar-refractivity contribution is 9.08. The summed E-state index contributed by atoms with van der Waals surface area (Å²) in [5.41, 5.74) is 0.849. The van der Waals surface area contributed by atoms with Gasteiger partial charge >= 0.3 is 0 Å². The van der Waals surface area contributed by atoms with Crippen LogP contribution in [0.25, 0.3) is 0 Å². The molecule has 0 aliphatic heterocycles. The normalized spacial score (nSPS) is 10.0. The highest BCUT2D eigenvalue weighted by Crippen LogP contribution is 2.30. The van der Waals surface area contributed by atoms with E-state index in [1.54, 1.807) is 30.3 Å². The second kappa shape index (κ2) is 6.05. The van der Waals surface area contributed by atoms with Crippen LogP contribution in [0.5, 0.6) is 11.5 Å². The smallest absolute Gasteiger partial charge is 0.144 e. The van der Waals surface area contributed by atoms with Gasteiger partial charge in [-0.3, -0.25) is 0 Å². The van der Waals surface area contributed by atoms with Crippen LogP contribution in [0, 0.1) is 17.1 Å². The largest absolute Gasteiger partial charge is 0.457 e. The van der Waals surface area contributed by atoms with Crippen LogP contribution in [0.1, 0.15) is 11.1 Å². The Hall–Kier alpha value is -1.57. The van der Waals surface area contributed by atoms with Gasteiger partial charge in [0.1, 0.15) is 23.4 Å². The number of alkyl halides is 1. The van der Waals surface area contributed by atoms with Crippen molar-refractivity contribution in [3.63, 3.8) is 0 Å². The molecule has 0 saturated carbocycles. The van der Waals surface area contributed by atoms with Crippen molar-refractivity contribution in [3.05, 3.63) is 58.4 Å². The van der Waals surface area contributed by atoms with E-state index in [1.165, 1.54) is 12.1 Å². The lowest BCUT2D eigenvalue weighted by molar-refractivity contribution is 0.472. The second-order valence-electron chi connectivity index (χ2n) is 3.74. The summed E-state index contributed by atoms with van der Waals surface area (Å²) in [5, 5.41) is 9.84. The Morgan fingerprint density at radius 2 is 2.05 bits per heavy atom. The fraction of sp³-hybridized carbons (Fsp3) is 0.0714. The molecular weight excluding hydrogens is 333 g/mol. The molecule has 0 aromatic heterocycles. The predicted molar refractivity (Wildman–Crippen MR) is 75.3 cm³/mol. The Balaban J connectivity index is 2.31. The van der Waals surface area contributed by atoms with Gasteiger partial charge in [0.25, 0.3) is 0 Å². The van der Waals surface area contributed by atoms with Gasteiger partial charge in [-0.05, 0) is 30.3 Å². The zero-order chi connectivity index (χ0) is 13.8. The zero-order valence-corrected chi connectivity index (χ0v) is 12.0. The van der Waals surface area contributed by atoms with Gasteiger partial charge in [-0.25, -0.2) is 4.39 Å². The maximum absolute atomic E-state index is 13.5. The van der Waals surface area contributed by atoms with E-state index in [-0.39, 0.29) is 5.56 Å². The number of ether oxygens (including phenoxy) is 1. The minimum absolute atomic E-state index is 0.0100. The van der Waals surface area contributed by atoms with Crippen molar-refractivity contribution in [3.8, 4) is 17.6 Å². The van der Waals surface area contributed by atoms with E-state index in [4.69, 9.17) is 21.6 Å². The Morgan fingerprint density at radius 3 is 2.68 bits per heavy atom. The van der Waals surface area contributed by atoms with Gasteiger partial charge in [-0.15, -0.1) is 0 Å². The first-order valence-corrected chi connectivity index (χ1v) is 6.86. The minimum Gasteiger partial charge on any atom is -0.457 e. The molecule has 0 bridgehead atoms. The van der Waals surface area contributed by atoms with Crippen LogP contribution in [0.4, 0.5) is 4.39 Å². The lowest BCUT2D eigenvalue weighted by Gasteiger charge is -2.10. The summed E-state index contributed by atoms with van der Waals surface area (Å²) in [7, 11) is 0. The van der Waals surface area contributed by atoms with Crippen molar-refractivity contribution in [2.24, 2.45) is 0 Å². The van der Waals surface area contributed by atoms with E-state index in [0.29, 0.717) is 21.9 Å². The first kappa shape index (κ1) is 13.9. The SMILES string of the molecule is N#Cc1ccc(Oc2ccc(Cl)cc2CBr)cc1F. The van der Waals surface area contributed by atoms with Gasteiger partial charge < -0.3 is 4.74 Å². The maximum Gasteiger partial charge on any atom is 0.144 e. The van der Waals surface area contributed by atoms with E-state index in [9.17, 15) is 4.39 Å². The summed E-state index contributed by atoms with van der Waals surface area (Å²) in [6.07, 6.45) is 0. The molecule has 0 N–H and O–H groups in total. The van der Waals surface area contributed by atoms with Crippen LogP contribution in [-0.4, -0.2) is 0 Å². The first-order valence-electron chi connectivity index (χ1n) is 5.36. The van der Waals surface area contributed by atoms with Gasteiger partial charge in [0.15, 0.2) is 0 Å². The molecule has 0 radical (unpaired) electrons. The highest BCUT2D eigenvalue weighted by Gasteiger charge is 2.08. The molecule has 5 heteroatoms. The van der Waals surface area contributed by atoms with E-state index in [2.05, 4.69) is 15.9 Å². The van der Waals surface area contributed by atoms with Crippen LogP contribution in [0.15, 0.2) is 36.4 Å². The standard InChI is InChI=1S/C14H8BrClFNO/c15-7-10-5-11(16)2-4-14(10)19-12-3-1-9(8-18)13(17)6-12/h1-6H,7H2. The van der Waals surface area contributed by atoms with Crippen LogP contribution < -0.4 is 4.74 Å². The fourth-order valence-electron chi connectivity index (χ4n) is 1.53. The average molecular weight is 341 g/mol. The molecule has 0 heterocycles. The Kier molecular flexibility index (Phi) is 4.41. The van der Waals surface area contributed by atoms with E-state index < -0.39 is 5.82 Å². The van der Waals surface area contributed by atoms with Gasteiger partial charge in [0, 0.05) is 22.0 Å². The third-order valence-corrected chi connectivity index (χ3v) is 3.29. The number of hydrogen-bond donors (Lipinski definition) is 0. The lowest BCUT2D eigenvalue weighted by Crippen LogP contribution is -1.91. The first-order chi connectivity index (χ1) is 9.13. The van der Waals surface area contributed by atoms with Crippen LogP contribution >= 0.6 is 27.5 Å². The predicted octanol–water partition coefficient (Wildman–Crippen LogP) is 5.04. The van der Waals surface area contributed by atoms with Crippen molar-refractivity contribution in [1.82, 2.24) is 0 Å². The molecular formula is C14H8BrClFNO. The summed E-state index contributed by atoms with van der Waals surface area (Å²) in [6, 6.07) is 11.1. The summed E-state index contributed by atoms with van der Waals surface area (Å²) in [5.74, 6) is 0.320. The molecule has 0 unspecified atom stereocenters. The zero-order valence-electron chi connectivity index (χ0n) is 9.66. The number of nitrogens with zero attached hydrogens (tertiary/aromatic N) is 1. The van der Waals surface area contributed by atoms with E-state index >= 15 is 0 Å². The molecule has 0 atom stereocenters. The molecule has 0 saturated heterocycles. The summed E-state index contributed by atoms with van der Waals surface area (Å²) in [6.45, 7) is 0. The molecule has 0 fully saturated rings. The van der Waals surface area contributed by atoms with E-state index in [1.807, 2.05) is 0 Å². The van der Waals surface area contributed by atoms with Gasteiger partial charge in [0.05, 0.1) is 5.56 Å². The van der Waals surface area contributed by atoms with Crippen molar-refractivity contribution < 1.29 is 9.13 Å². The van der Waals surface area contributed by atoms with Crippen LogP contribution in [-0.2, 0) is 5.33 Å². The van der Waals surface area contributed by atoms with Crippen LogP contribution in [0.2, 0.25) is 5.02 Å². The Morgan fingerprint density at radius 1 is 1.26 bits per heavy atom. The number of benzene rings is 2. The van der Waals surface area contributed by atoms with Crippen molar-refractivity contribution in [2.45, 2.75) is 5.33 Å². The van der Waals surface area contributed by atoms with Gasteiger partial charge in [-0.1, -0.05) is 27.5 Å². The lowest BCUT2D eigenvalue weighted by atomic mass is 10.2. The monoisotopic (exact) mass is 339 g/mol. The van der Waals surface area contributed by atoms with Crippen LogP contribution in [0.3, 0.4) is 0 Å². The molecule has 2 rings (SSSR count). The molecule has 0 spiro atoms. The minimum atomic E-state index is -0.602. The van der Waals surface area contributed by atoms with Crippen molar-refractivity contribution in [2.75, 3.05) is 0 Å². The Labute approximate surface area is 123 Å². The summed E-state index contributed by atoms with van der Waals surface area (Å²) < 4.78 is 19.1. The number of nitriles is 1. The third-order valence-electron chi connectivity index (χ3n) is 2.46. The topological polar surface area (TPSA) is 33.0 Å². The number of rotatable bonds is 3. The molecule has 19 heavy (non-hydrogen) atoms. The van der Waals surface area contributed by atoms with Crippen molar-refractivity contribution in [1.29, 1.82) is 5.26 Å². The maximum atomic E-state index is 13.5. The molecule has 0 amide bonds. The van der Waals surface area contributed by atoms with Gasteiger partial charge in [-0.2, -0.15) is 5.26 Å². The van der Waals surface area contributed by atoms with Crippen molar-refractivity contribution >= 4 is 27.5 Å². The van der Waals surface area contributed by atoms with Gasteiger partial charge in [0.2, 0.25) is 0 Å². The average Bonchev–Trinajstić information content (AvgIpc) is 2.41. The quantitative estimate of drug-likeness (QED) is 0.733. The summed E-state index contributed by atoms with van der Waals surface area (Å²) in [4.78, 5) is 0. The van der Waals surface area contributed by atoms with E-state index in [0.717, 1.165) is 5.56 Å². The molecule has 2 aromatic rings. The molecule has 96 valence electrons. The molecule has 2 aromatic carbocycles. The molecule has 0 aliphatic rings. The molecule has 2 nitrogen and oxygen atoms in total.